The molecule has 2 aromatic heterocycles. The van der Waals surface area contributed by atoms with E-state index in [-0.39, 0.29) is 5.54 Å². The van der Waals surface area contributed by atoms with E-state index >= 15 is 0 Å². The molecule has 0 saturated heterocycles. The number of ether oxygens (including phenoxy) is 1. The zero-order valence-corrected chi connectivity index (χ0v) is 14.0. The van der Waals surface area contributed by atoms with E-state index in [1.54, 1.807) is 17.5 Å². The van der Waals surface area contributed by atoms with Crippen LogP contribution in [0, 0.1) is 6.92 Å². The molecule has 0 aliphatic carbocycles. The zero-order chi connectivity index (χ0) is 15.3. The van der Waals surface area contributed by atoms with E-state index in [1.807, 2.05) is 24.7 Å². The normalized spacial score (nSPS) is 11.6. The minimum atomic E-state index is 0.0763. The van der Waals surface area contributed by atoms with Gasteiger partial charge in [-0.25, -0.2) is 4.98 Å². The summed E-state index contributed by atoms with van der Waals surface area (Å²) in [5.41, 5.74) is 4.16. The van der Waals surface area contributed by atoms with E-state index in [2.05, 4.69) is 36.1 Å². The second kappa shape index (κ2) is 7.00. The van der Waals surface area contributed by atoms with Crippen LogP contribution < -0.4 is 10.1 Å². The lowest BCUT2D eigenvalue weighted by Crippen LogP contribution is -2.35. The highest BCUT2D eigenvalue weighted by atomic mass is 32.1. The lowest BCUT2D eigenvalue weighted by molar-refractivity contribution is 0.315. The van der Waals surface area contributed by atoms with Crippen LogP contribution in [0.2, 0.25) is 0 Å². The van der Waals surface area contributed by atoms with Crippen molar-refractivity contribution in [2.24, 2.45) is 0 Å². The van der Waals surface area contributed by atoms with E-state index < -0.39 is 0 Å². The van der Waals surface area contributed by atoms with Crippen molar-refractivity contribution >= 4 is 11.3 Å². The van der Waals surface area contributed by atoms with Gasteiger partial charge in [-0.3, -0.25) is 4.98 Å². The molecule has 0 fully saturated rings. The molecule has 2 rings (SSSR count). The lowest BCUT2D eigenvalue weighted by Gasteiger charge is -2.21. The number of aromatic nitrogens is 2. The maximum atomic E-state index is 5.93. The first-order valence-electron chi connectivity index (χ1n) is 7.15. The number of nitrogens with zero attached hydrogens (tertiary/aromatic N) is 2. The largest absolute Gasteiger partial charge is 0.493 e. The third-order valence-electron chi connectivity index (χ3n) is 3.10. The SMILES string of the molecule is Cc1ncsc1CCOc1ccncc1CNC(C)(C)C. The molecule has 0 bridgehead atoms. The van der Waals surface area contributed by atoms with E-state index in [0.717, 1.165) is 30.0 Å². The minimum Gasteiger partial charge on any atom is -0.493 e. The molecule has 4 nitrogen and oxygen atoms in total. The smallest absolute Gasteiger partial charge is 0.126 e. The van der Waals surface area contributed by atoms with E-state index in [1.165, 1.54) is 4.88 Å². The second-order valence-electron chi connectivity index (χ2n) is 6.05. The first-order chi connectivity index (χ1) is 9.96. The van der Waals surface area contributed by atoms with Crippen LogP contribution in [0.5, 0.6) is 5.75 Å². The van der Waals surface area contributed by atoms with Crippen molar-refractivity contribution in [3.05, 3.63) is 40.1 Å². The molecule has 0 aliphatic rings. The summed E-state index contributed by atoms with van der Waals surface area (Å²) in [5.74, 6) is 0.906. The van der Waals surface area contributed by atoms with Gasteiger partial charge in [0.2, 0.25) is 0 Å². The molecule has 114 valence electrons. The average molecular weight is 305 g/mol. The van der Waals surface area contributed by atoms with E-state index in [9.17, 15) is 0 Å². The highest BCUT2D eigenvalue weighted by molar-refractivity contribution is 7.09. The summed E-state index contributed by atoms with van der Waals surface area (Å²) in [6.07, 6.45) is 4.53. The van der Waals surface area contributed by atoms with Gasteiger partial charge in [-0.2, -0.15) is 0 Å². The standard InChI is InChI=1S/C16H23N3OS/c1-12-15(21-11-18-12)6-8-20-14-5-7-17-9-13(14)10-19-16(2,3)4/h5,7,9,11,19H,6,8,10H2,1-4H3. The molecule has 0 atom stereocenters. The molecular weight excluding hydrogens is 282 g/mol. The van der Waals surface area contributed by atoms with Gasteiger partial charge in [0.1, 0.15) is 5.75 Å². The Balaban J connectivity index is 1.92. The number of hydrogen-bond donors (Lipinski definition) is 1. The van der Waals surface area contributed by atoms with Gasteiger partial charge in [0.25, 0.3) is 0 Å². The molecule has 0 amide bonds. The number of rotatable bonds is 6. The van der Waals surface area contributed by atoms with Crippen molar-refractivity contribution in [2.45, 2.75) is 46.2 Å². The van der Waals surface area contributed by atoms with E-state index in [4.69, 9.17) is 4.74 Å². The van der Waals surface area contributed by atoms with Crippen LogP contribution in [0.4, 0.5) is 0 Å². The Kier molecular flexibility index (Phi) is 5.31. The number of thiazole rings is 1. The highest BCUT2D eigenvalue weighted by Gasteiger charge is 2.11. The van der Waals surface area contributed by atoms with Gasteiger partial charge < -0.3 is 10.1 Å². The van der Waals surface area contributed by atoms with Crippen molar-refractivity contribution in [2.75, 3.05) is 6.61 Å². The van der Waals surface area contributed by atoms with Gasteiger partial charge >= 0.3 is 0 Å². The Morgan fingerprint density at radius 2 is 2.14 bits per heavy atom. The maximum Gasteiger partial charge on any atom is 0.126 e. The fraction of sp³-hybridized carbons (Fsp3) is 0.500. The number of aryl methyl sites for hydroxylation is 1. The summed E-state index contributed by atoms with van der Waals surface area (Å²) < 4.78 is 5.93. The van der Waals surface area contributed by atoms with Crippen molar-refractivity contribution in [1.82, 2.24) is 15.3 Å². The predicted octanol–water partition coefficient (Wildman–Crippen LogP) is 3.36. The van der Waals surface area contributed by atoms with Crippen LogP contribution in [-0.4, -0.2) is 22.1 Å². The maximum absolute atomic E-state index is 5.93. The first-order valence-corrected chi connectivity index (χ1v) is 8.03. The average Bonchev–Trinajstić information content (AvgIpc) is 2.82. The fourth-order valence-corrected chi connectivity index (χ4v) is 2.63. The molecule has 2 aromatic rings. The molecule has 0 radical (unpaired) electrons. The molecule has 0 aromatic carbocycles. The summed E-state index contributed by atoms with van der Waals surface area (Å²) in [6, 6.07) is 1.93. The van der Waals surface area contributed by atoms with Crippen molar-refractivity contribution in [3.63, 3.8) is 0 Å². The van der Waals surface area contributed by atoms with Gasteiger partial charge in [0, 0.05) is 41.3 Å². The summed E-state index contributed by atoms with van der Waals surface area (Å²) in [4.78, 5) is 9.74. The zero-order valence-electron chi connectivity index (χ0n) is 13.1. The topological polar surface area (TPSA) is 47.0 Å². The van der Waals surface area contributed by atoms with Crippen molar-refractivity contribution in [3.8, 4) is 5.75 Å². The summed E-state index contributed by atoms with van der Waals surface area (Å²) in [5, 5.41) is 3.46. The Morgan fingerprint density at radius 3 is 2.81 bits per heavy atom. The minimum absolute atomic E-state index is 0.0763. The molecule has 5 heteroatoms. The molecule has 0 unspecified atom stereocenters. The van der Waals surface area contributed by atoms with Gasteiger partial charge in [-0.05, 0) is 33.8 Å². The van der Waals surface area contributed by atoms with Crippen LogP contribution >= 0.6 is 11.3 Å². The molecule has 0 aliphatic heterocycles. The van der Waals surface area contributed by atoms with Gasteiger partial charge in [-0.15, -0.1) is 11.3 Å². The fourth-order valence-electron chi connectivity index (χ4n) is 1.87. The Bertz CT molecular complexity index is 575. The van der Waals surface area contributed by atoms with Crippen LogP contribution in [0.3, 0.4) is 0 Å². The molecule has 1 N–H and O–H groups in total. The Hall–Kier alpha value is -1.46. The van der Waals surface area contributed by atoms with E-state index in [0.29, 0.717) is 6.61 Å². The molecule has 21 heavy (non-hydrogen) atoms. The lowest BCUT2D eigenvalue weighted by atomic mass is 10.1. The third kappa shape index (κ3) is 5.10. The van der Waals surface area contributed by atoms with Crippen LogP contribution in [0.1, 0.15) is 36.9 Å². The van der Waals surface area contributed by atoms with Crippen LogP contribution in [-0.2, 0) is 13.0 Å². The summed E-state index contributed by atoms with van der Waals surface area (Å²) in [7, 11) is 0. The quantitative estimate of drug-likeness (QED) is 0.889. The second-order valence-corrected chi connectivity index (χ2v) is 6.99. The molecule has 2 heterocycles. The van der Waals surface area contributed by atoms with Gasteiger partial charge in [0.05, 0.1) is 17.8 Å². The third-order valence-corrected chi connectivity index (χ3v) is 4.09. The van der Waals surface area contributed by atoms with Crippen LogP contribution in [0.25, 0.3) is 0 Å². The molecule has 0 saturated carbocycles. The van der Waals surface area contributed by atoms with Crippen molar-refractivity contribution in [1.29, 1.82) is 0 Å². The first kappa shape index (κ1) is 15.9. The molecular formula is C16H23N3OS. The highest BCUT2D eigenvalue weighted by Crippen LogP contribution is 2.19. The predicted molar refractivity (Wildman–Crippen MR) is 86.9 cm³/mol. The van der Waals surface area contributed by atoms with Gasteiger partial charge in [-0.1, -0.05) is 0 Å². The number of nitrogens with one attached hydrogen (secondary N) is 1. The summed E-state index contributed by atoms with van der Waals surface area (Å²) >= 11 is 1.69. The Labute approximate surface area is 130 Å². The number of hydrogen-bond acceptors (Lipinski definition) is 5. The van der Waals surface area contributed by atoms with Crippen LogP contribution in [0.15, 0.2) is 24.0 Å². The monoisotopic (exact) mass is 305 g/mol. The van der Waals surface area contributed by atoms with Crippen molar-refractivity contribution < 1.29 is 4.74 Å². The Morgan fingerprint density at radius 1 is 1.33 bits per heavy atom. The summed E-state index contributed by atoms with van der Waals surface area (Å²) in [6.45, 7) is 9.90. The number of pyridine rings is 1. The van der Waals surface area contributed by atoms with Gasteiger partial charge in [0.15, 0.2) is 0 Å². The molecule has 0 spiro atoms.